The Hall–Kier alpha value is -2.20. The van der Waals surface area contributed by atoms with Gasteiger partial charge in [-0.05, 0) is 12.8 Å². The van der Waals surface area contributed by atoms with E-state index in [9.17, 15) is 19.2 Å². The van der Waals surface area contributed by atoms with Gasteiger partial charge in [0.25, 0.3) is 0 Å². The van der Waals surface area contributed by atoms with E-state index in [2.05, 4.69) is 10.6 Å². The SMILES string of the molecule is CC(=O)NCC[C@@H](N)C(=O)O.CC(=O)NCC[C@H](N)C(=O)O. The van der Waals surface area contributed by atoms with Gasteiger partial charge in [0.1, 0.15) is 12.1 Å². The van der Waals surface area contributed by atoms with Crippen LogP contribution in [0.5, 0.6) is 0 Å². The quantitative estimate of drug-likeness (QED) is 0.292. The van der Waals surface area contributed by atoms with Gasteiger partial charge in [0.2, 0.25) is 11.8 Å². The first-order chi connectivity index (χ1) is 10.1. The summed E-state index contributed by atoms with van der Waals surface area (Å²) in [5.41, 5.74) is 10.3. The third kappa shape index (κ3) is 15.9. The Labute approximate surface area is 128 Å². The first kappa shape index (κ1) is 22.1. The monoisotopic (exact) mass is 320 g/mol. The molecule has 0 heterocycles. The molecular weight excluding hydrogens is 296 g/mol. The van der Waals surface area contributed by atoms with Crippen molar-refractivity contribution in [1.82, 2.24) is 10.6 Å². The van der Waals surface area contributed by atoms with E-state index in [0.29, 0.717) is 13.1 Å². The fourth-order valence-corrected chi connectivity index (χ4v) is 1.05. The molecule has 0 fully saturated rings. The van der Waals surface area contributed by atoms with Crippen molar-refractivity contribution in [3.05, 3.63) is 0 Å². The fraction of sp³-hybridized carbons (Fsp3) is 0.667. The average molecular weight is 320 g/mol. The zero-order valence-corrected chi connectivity index (χ0v) is 12.7. The van der Waals surface area contributed by atoms with E-state index in [1.54, 1.807) is 0 Å². The van der Waals surface area contributed by atoms with Gasteiger partial charge in [0.05, 0.1) is 0 Å². The highest BCUT2D eigenvalue weighted by molar-refractivity contribution is 5.74. The summed E-state index contributed by atoms with van der Waals surface area (Å²) >= 11 is 0. The van der Waals surface area contributed by atoms with Gasteiger partial charge in [-0.3, -0.25) is 19.2 Å². The molecule has 0 aliphatic heterocycles. The van der Waals surface area contributed by atoms with Gasteiger partial charge >= 0.3 is 11.9 Å². The van der Waals surface area contributed by atoms with E-state index in [4.69, 9.17) is 21.7 Å². The highest BCUT2D eigenvalue weighted by atomic mass is 16.4. The van der Waals surface area contributed by atoms with Crippen LogP contribution in [0.2, 0.25) is 0 Å². The van der Waals surface area contributed by atoms with Crippen molar-refractivity contribution in [2.24, 2.45) is 11.5 Å². The maximum Gasteiger partial charge on any atom is 0.320 e. The molecular formula is C12H24N4O6. The summed E-state index contributed by atoms with van der Waals surface area (Å²) in [5, 5.41) is 21.5. The van der Waals surface area contributed by atoms with Crippen molar-refractivity contribution in [1.29, 1.82) is 0 Å². The molecule has 10 nitrogen and oxygen atoms in total. The predicted molar refractivity (Wildman–Crippen MR) is 77.8 cm³/mol. The molecule has 0 saturated heterocycles. The predicted octanol–water partition coefficient (Wildman–Crippen LogP) is -2.15. The van der Waals surface area contributed by atoms with Crippen LogP contribution in [0.15, 0.2) is 0 Å². The number of carboxylic acid groups (broad SMARTS) is 2. The minimum atomic E-state index is -1.05. The van der Waals surface area contributed by atoms with E-state index in [-0.39, 0.29) is 24.7 Å². The van der Waals surface area contributed by atoms with Crippen LogP contribution in [0, 0.1) is 0 Å². The second-order valence-corrected chi connectivity index (χ2v) is 4.43. The second kappa shape index (κ2) is 12.5. The smallest absolute Gasteiger partial charge is 0.320 e. The lowest BCUT2D eigenvalue weighted by Crippen LogP contribution is -2.34. The van der Waals surface area contributed by atoms with Gasteiger partial charge in [-0.25, -0.2) is 0 Å². The number of hydrogen-bond donors (Lipinski definition) is 6. The van der Waals surface area contributed by atoms with Crippen LogP contribution >= 0.6 is 0 Å². The Morgan fingerprint density at radius 2 is 1.09 bits per heavy atom. The number of carboxylic acids is 2. The molecule has 2 amide bonds. The number of hydrogen-bond acceptors (Lipinski definition) is 6. The van der Waals surface area contributed by atoms with E-state index in [0.717, 1.165) is 0 Å². The minimum absolute atomic E-state index is 0.178. The minimum Gasteiger partial charge on any atom is -0.480 e. The summed E-state index contributed by atoms with van der Waals surface area (Å²) in [6.45, 7) is 3.35. The van der Waals surface area contributed by atoms with Gasteiger partial charge in [0.15, 0.2) is 0 Å². The third-order valence-electron chi connectivity index (χ3n) is 2.29. The van der Waals surface area contributed by atoms with Crippen molar-refractivity contribution < 1.29 is 29.4 Å². The Kier molecular flexibility index (Phi) is 12.6. The van der Waals surface area contributed by atoms with Crippen molar-refractivity contribution >= 4 is 23.8 Å². The van der Waals surface area contributed by atoms with Crippen LogP contribution in [-0.2, 0) is 19.2 Å². The van der Waals surface area contributed by atoms with E-state index < -0.39 is 24.0 Å². The van der Waals surface area contributed by atoms with Gasteiger partial charge < -0.3 is 32.3 Å². The fourth-order valence-electron chi connectivity index (χ4n) is 1.05. The molecule has 0 aliphatic rings. The lowest BCUT2D eigenvalue weighted by molar-refractivity contribution is -0.139. The molecule has 0 saturated carbocycles. The Balaban J connectivity index is 0. The number of amides is 2. The molecule has 2 atom stereocenters. The van der Waals surface area contributed by atoms with Gasteiger partial charge in [-0.2, -0.15) is 0 Å². The van der Waals surface area contributed by atoms with Crippen LogP contribution in [0.3, 0.4) is 0 Å². The molecule has 0 aromatic rings. The van der Waals surface area contributed by atoms with Crippen LogP contribution in [-0.4, -0.2) is 59.1 Å². The summed E-state index contributed by atoms with van der Waals surface area (Å²) in [7, 11) is 0. The Morgan fingerprint density at radius 1 is 0.818 bits per heavy atom. The van der Waals surface area contributed by atoms with Crippen LogP contribution < -0.4 is 22.1 Å². The van der Waals surface area contributed by atoms with Gasteiger partial charge in [-0.15, -0.1) is 0 Å². The number of rotatable bonds is 8. The van der Waals surface area contributed by atoms with Crippen LogP contribution in [0.1, 0.15) is 26.7 Å². The summed E-state index contributed by atoms with van der Waals surface area (Å²) in [4.78, 5) is 40.9. The molecule has 0 aromatic heterocycles. The van der Waals surface area contributed by atoms with Gasteiger partial charge in [0, 0.05) is 26.9 Å². The largest absolute Gasteiger partial charge is 0.480 e. The first-order valence-electron chi connectivity index (χ1n) is 6.53. The average Bonchev–Trinajstić information content (AvgIpc) is 2.38. The molecule has 8 N–H and O–H groups in total. The number of nitrogens with one attached hydrogen (secondary N) is 2. The summed E-state index contributed by atoms with van der Waals surface area (Å²) < 4.78 is 0. The number of aliphatic carboxylic acids is 2. The standard InChI is InChI=1S/2C6H12N2O3/c2*1-4(9)8-3-2-5(7)6(10)11/h2*5H,2-3,7H2,1H3,(H,8,9)(H,10,11)/t2*5-/m10/s1. The summed E-state index contributed by atoms with van der Waals surface area (Å²) in [6.07, 6.45) is 0.518. The topological polar surface area (TPSA) is 185 Å². The molecule has 0 aromatic carbocycles. The second-order valence-electron chi connectivity index (χ2n) is 4.43. The van der Waals surface area contributed by atoms with Crippen molar-refractivity contribution in [3.8, 4) is 0 Å². The molecule has 22 heavy (non-hydrogen) atoms. The highest BCUT2D eigenvalue weighted by Gasteiger charge is 2.10. The maximum atomic E-state index is 10.3. The van der Waals surface area contributed by atoms with Gasteiger partial charge in [-0.1, -0.05) is 0 Å². The molecule has 128 valence electrons. The Bertz CT molecular complexity index is 352. The summed E-state index contributed by atoms with van der Waals surface area (Å²) in [5.74, 6) is -2.45. The number of carbonyl (C=O) groups excluding carboxylic acids is 2. The molecule has 0 unspecified atom stereocenters. The van der Waals surface area contributed by atoms with Crippen molar-refractivity contribution in [2.45, 2.75) is 38.8 Å². The normalized spacial score (nSPS) is 12.2. The number of carbonyl (C=O) groups is 4. The molecule has 0 rings (SSSR count). The molecule has 0 bridgehead atoms. The molecule has 10 heteroatoms. The van der Waals surface area contributed by atoms with Crippen molar-refractivity contribution in [2.75, 3.05) is 13.1 Å². The lowest BCUT2D eigenvalue weighted by Gasteiger charge is -2.05. The zero-order chi connectivity index (χ0) is 17.7. The zero-order valence-electron chi connectivity index (χ0n) is 12.7. The first-order valence-corrected chi connectivity index (χ1v) is 6.53. The van der Waals surface area contributed by atoms with E-state index in [1.807, 2.05) is 0 Å². The highest BCUT2D eigenvalue weighted by Crippen LogP contribution is 1.85. The van der Waals surface area contributed by atoms with E-state index >= 15 is 0 Å². The van der Waals surface area contributed by atoms with Crippen LogP contribution in [0.25, 0.3) is 0 Å². The maximum absolute atomic E-state index is 10.3. The Morgan fingerprint density at radius 3 is 1.27 bits per heavy atom. The number of nitrogens with two attached hydrogens (primary N) is 2. The summed E-state index contributed by atoms with van der Waals surface area (Å²) in [6, 6.07) is -1.77. The van der Waals surface area contributed by atoms with E-state index in [1.165, 1.54) is 13.8 Å². The molecule has 0 spiro atoms. The third-order valence-corrected chi connectivity index (χ3v) is 2.29. The molecule has 0 radical (unpaired) electrons. The van der Waals surface area contributed by atoms with Crippen molar-refractivity contribution in [3.63, 3.8) is 0 Å². The lowest BCUT2D eigenvalue weighted by atomic mass is 10.2. The van der Waals surface area contributed by atoms with Crippen LogP contribution in [0.4, 0.5) is 0 Å². The molecule has 0 aliphatic carbocycles.